The molecular weight excluding hydrogens is 315 g/mol. The van der Waals surface area contributed by atoms with Crippen LogP contribution in [0.1, 0.15) is 12.8 Å². The van der Waals surface area contributed by atoms with Crippen LogP contribution in [0.15, 0.2) is 36.7 Å². The molecule has 126 valence electrons. The topological polar surface area (TPSA) is 87.5 Å². The van der Waals surface area contributed by atoms with E-state index in [1.807, 2.05) is 0 Å². The second-order valence-corrected chi connectivity index (χ2v) is 5.68. The summed E-state index contributed by atoms with van der Waals surface area (Å²) in [6.45, 7) is 0.694. The molecule has 1 aliphatic heterocycles. The molecule has 0 radical (unpaired) electrons. The van der Waals surface area contributed by atoms with Gasteiger partial charge in [-0.3, -0.25) is 4.79 Å². The lowest BCUT2D eigenvalue weighted by Gasteiger charge is -2.30. The van der Waals surface area contributed by atoms with E-state index in [9.17, 15) is 14.0 Å². The molecule has 7 nitrogen and oxygen atoms in total. The van der Waals surface area contributed by atoms with Crippen molar-refractivity contribution in [1.29, 1.82) is 0 Å². The van der Waals surface area contributed by atoms with Crippen LogP contribution in [-0.2, 0) is 4.79 Å². The maximum absolute atomic E-state index is 13.7. The Morgan fingerprint density at radius 3 is 2.88 bits per heavy atom. The number of amides is 2. The first-order valence-corrected chi connectivity index (χ1v) is 7.63. The number of aliphatic carboxylic acids is 1. The van der Waals surface area contributed by atoms with Gasteiger partial charge in [0.15, 0.2) is 0 Å². The van der Waals surface area contributed by atoms with Gasteiger partial charge in [0.25, 0.3) is 0 Å². The Hall–Kier alpha value is -2.90. The minimum atomic E-state index is -0.889. The number of hydrogen-bond donors (Lipinski definition) is 2. The zero-order valence-corrected chi connectivity index (χ0v) is 12.9. The van der Waals surface area contributed by atoms with Gasteiger partial charge in [0.1, 0.15) is 11.5 Å². The van der Waals surface area contributed by atoms with Gasteiger partial charge in [-0.2, -0.15) is 5.10 Å². The maximum Gasteiger partial charge on any atom is 0.321 e. The fourth-order valence-corrected chi connectivity index (χ4v) is 2.72. The predicted molar refractivity (Wildman–Crippen MR) is 84.5 cm³/mol. The summed E-state index contributed by atoms with van der Waals surface area (Å²) in [6, 6.07) is 5.80. The Morgan fingerprint density at radius 1 is 1.33 bits per heavy atom. The molecule has 0 spiro atoms. The molecule has 1 aromatic heterocycles. The quantitative estimate of drug-likeness (QED) is 0.903. The molecule has 1 aromatic carbocycles. The standard InChI is InChI=1S/C16H17FN4O3/c17-13-5-1-2-6-14(13)21-10-12(8-18-21)19-16(24)20-7-3-4-11(9-20)15(22)23/h1-2,5-6,8,10-11H,3-4,7,9H2,(H,19,24)(H,22,23). The molecule has 2 aromatic rings. The van der Waals surface area contributed by atoms with Gasteiger partial charge in [-0.1, -0.05) is 12.1 Å². The van der Waals surface area contributed by atoms with Crippen molar-refractivity contribution in [3.05, 3.63) is 42.5 Å². The minimum Gasteiger partial charge on any atom is -0.481 e. The van der Waals surface area contributed by atoms with Crippen molar-refractivity contribution >= 4 is 17.7 Å². The van der Waals surface area contributed by atoms with Crippen molar-refractivity contribution < 1.29 is 19.1 Å². The van der Waals surface area contributed by atoms with Crippen LogP contribution in [-0.4, -0.2) is 44.9 Å². The molecule has 24 heavy (non-hydrogen) atoms. The van der Waals surface area contributed by atoms with Crippen LogP contribution in [0.5, 0.6) is 0 Å². The van der Waals surface area contributed by atoms with E-state index in [0.29, 0.717) is 25.1 Å². The average molecular weight is 332 g/mol. The second-order valence-electron chi connectivity index (χ2n) is 5.68. The number of urea groups is 1. The molecule has 2 heterocycles. The van der Waals surface area contributed by atoms with E-state index in [1.165, 1.54) is 28.0 Å². The highest BCUT2D eigenvalue weighted by Crippen LogP contribution is 2.19. The van der Waals surface area contributed by atoms with Crippen molar-refractivity contribution in [2.45, 2.75) is 12.8 Å². The molecule has 2 N–H and O–H groups in total. The van der Waals surface area contributed by atoms with Crippen molar-refractivity contribution in [3.63, 3.8) is 0 Å². The summed E-state index contributed by atoms with van der Waals surface area (Å²) in [4.78, 5) is 24.8. The molecule has 1 fully saturated rings. The van der Waals surface area contributed by atoms with Crippen LogP contribution in [0.4, 0.5) is 14.9 Å². The molecule has 1 saturated heterocycles. The number of anilines is 1. The maximum atomic E-state index is 13.7. The van der Waals surface area contributed by atoms with E-state index in [-0.39, 0.29) is 18.3 Å². The van der Waals surface area contributed by atoms with E-state index in [0.717, 1.165) is 0 Å². The SMILES string of the molecule is O=C(O)C1CCCN(C(=O)Nc2cnn(-c3ccccc3F)c2)C1. The largest absolute Gasteiger partial charge is 0.481 e. The minimum absolute atomic E-state index is 0.183. The van der Waals surface area contributed by atoms with Gasteiger partial charge >= 0.3 is 12.0 Å². The number of aromatic nitrogens is 2. The zero-order valence-electron chi connectivity index (χ0n) is 12.9. The number of nitrogens with zero attached hydrogens (tertiary/aromatic N) is 3. The van der Waals surface area contributed by atoms with Crippen LogP contribution >= 0.6 is 0 Å². The number of likely N-dealkylation sites (tertiary alicyclic amines) is 1. The molecule has 8 heteroatoms. The Labute approximate surface area is 137 Å². The molecule has 3 rings (SSSR count). The third kappa shape index (κ3) is 3.37. The highest BCUT2D eigenvalue weighted by Gasteiger charge is 2.28. The number of para-hydroxylation sites is 1. The second kappa shape index (κ2) is 6.69. The molecule has 1 atom stereocenters. The van der Waals surface area contributed by atoms with Gasteiger partial charge in [-0.25, -0.2) is 13.9 Å². The van der Waals surface area contributed by atoms with Gasteiger partial charge in [0, 0.05) is 13.1 Å². The fraction of sp³-hybridized carbons (Fsp3) is 0.312. The summed E-state index contributed by atoms with van der Waals surface area (Å²) in [5, 5.41) is 15.8. The number of carbonyl (C=O) groups excluding carboxylic acids is 1. The van der Waals surface area contributed by atoms with Gasteiger partial charge in [0.2, 0.25) is 0 Å². The van der Waals surface area contributed by atoms with Crippen LogP contribution in [0.2, 0.25) is 0 Å². The van der Waals surface area contributed by atoms with Crippen LogP contribution in [0, 0.1) is 11.7 Å². The Bertz CT molecular complexity index is 761. The lowest BCUT2D eigenvalue weighted by atomic mass is 9.99. The monoisotopic (exact) mass is 332 g/mol. The van der Waals surface area contributed by atoms with Gasteiger partial charge in [0.05, 0.1) is 24.0 Å². The number of hydrogen-bond acceptors (Lipinski definition) is 3. The molecule has 1 aliphatic rings. The average Bonchev–Trinajstić information content (AvgIpc) is 3.03. The Balaban J connectivity index is 1.67. The number of carboxylic acid groups (broad SMARTS) is 1. The van der Waals surface area contributed by atoms with E-state index < -0.39 is 17.7 Å². The van der Waals surface area contributed by atoms with Crippen molar-refractivity contribution in [1.82, 2.24) is 14.7 Å². The van der Waals surface area contributed by atoms with Gasteiger partial charge in [-0.05, 0) is 25.0 Å². The first kappa shape index (κ1) is 16.0. The Kier molecular flexibility index (Phi) is 4.45. The smallest absolute Gasteiger partial charge is 0.321 e. The first-order valence-electron chi connectivity index (χ1n) is 7.63. The van der Waals surface area contributed by atoms with Crippen molar-refractivity contribution in [2.24, 2.45) is 5.92 Å². The Morgan fingerprint density at radius 2 is 2.12 bits per heavy atom. The highest BCUT2D eigenvalue weighted by molar-refractivity contribution is 5.89. The number of carboxylic acids is 1. The number of rotatable bonds is 3. The zero-order chi connectivity index (χ0) is 17.1. The van der Waals surface area contributed by atoms with Crippen molar-refractivity contribution in [3.8, 4) is 5.69 Å². The molecule has 2 amide bonds. The molecule has 0 aliphatic carbocycles. The lowest BCUT2D eigenvalue weighted by molar-refractivity contribution is -0.143. The normalized spacial score (nSPS) is 17.5. The number of nitrogens with one attached hydrogen (secondary N) is 1. The van der Waals surface area contributed by atoms with Gasteiger partial charge in [-0.15, -0.1) is 0 Å². The summed E-state index contributed by atoms with van der Waals surface area (Å²) in [5.41, 5.74) is 0.697. The van der Waals surface area contributed by atoms with Gasteiger partial charge < -0.3 is 15.3 Å². The van der Waals surface area contributed by atoms with E-state index in [4.69, 9.17) is 5.11 Å². The molecule has 0 saturated carbocycles. The number of benzene rings is 1. The molecule has 0 bridgehead atoms. The fourth-order valence-electron chi connectivity index (χ4n) is 2.72. The highest BCUT2D eigenvalue weighted by atomic mass is 19.1. The van der Waals surface area contributed by atoms with E-state index in [1.54, 1.807) is 18.2 Å². The van der Waals surface area contributed by atoms with Crippen LogP contribution in [0.3, 0.4) is 0 Å². The van der Waals surface area contributed by atoms with E-state index >= 15 is 0 Å². The van der Waals surface area contributed by atoms with Crippen LogP contribution in [0.25, 0.3) is 5.69 Å². The third-order valence-corrected chi connectivity index (χ3v) is 3.99. The van der Waals surface area contributed by atoms with Crippen LogP contribution < -0.4 is 5.32 Å². The predicted octanol–water partition coefficient (Wildman–Crippen LogP) is 2.34. The number of halogens is 1. The number of piperidine rings is 1. The summed E-state index contributed by atoms with van der Waals surface area (Å²) >= 11 is 0. The van der Waals surface area contributed by atoms with Crippen molar-refractivity contribution in [2.75, 3.05) is 18.4 Å². The number of carbonyl (C=O) groups is 2. The summed E-state index contributed by atoms with van der Waals surface area (Å²) in [7, 11) is 0. The summed E-state index contributed by atoms with van der Waals surface area (Å²) in [5.74, 6) is -1.84. The molecular formula is C16H17FN4O3. The first-order chi connectivity index (χ1) is 11.5. The summed E-state index contributed by atoms with van der Waals surface area (Å²) < 4.78 is 15.1. The van der Waals surface area contributed by atoms with E-state index in [2.05, 4.69) is 10.4 Å². The molecule has 1 unspecified atom stereocenters. The lowest BCUT2D eigenvalue weighted by Crippen LogP contribution is -2.44. The summed E-state index contributed by atoms with van der Waals surface area (Å²) in [6.07, 6.45) is 4.15. The third-order valence-electron chi connectivity index (χ3n) is 3.99.